The van der Waals surface area contributed by atoms with E-state index in [0.29, 0.717) is 11.8 Å². The van der Waals surface area contributed by atoms with E-state index in [-0.39, 0.29) is 29.3 Å². The largest absolute Gasteiger partial charge is 0.416 e. The molecule has 1 aromatic rings. The smallest absolute Gasteiger partial charge is 0.325 e. The summed E-state index contributed by atoms with van der Waals surface area (Å²) in [5.41, 5.74) is -0.911. The van der Waals surface area contributed by atoms with E-state index >= 15 is 0 Å². The van der Waals surface area contributed by atoms with Gasteiger partial charge in [-0.25, -0.2) is 0 Å². The lowest BCUT2D eigenvalue weighted by Crippen LogP contribution is -2.40. The van der Waals surface area contributed by atoms with E-state index in [2.05, 4.69) is 5.32 Å². The fourth-order valence-corrected chi connectivity index (χ4v) is 5.29. The van der Waals surface area contributed by atoms with Gasteiger partial charge in [0.05, 0.1) is 17.4 Å². The van der Waals surface area contributed by atoms with Crippen molar-refractivity contribution in [1.82, 2.24) is 4.90 Å². The number of halogens is 3. The molecule has 8 heteroatoms. The van der Waals surface area contributed by atoms with Gasteiger partial charge in [0.2, 0.25) is 17.7 Å². The average molecular weight is 390 g/mol. The topological polar surface area (TPSA) is 66.5 Å². The van der Waals surface area contributed by atoms with E-state index in [1.54, 1.807) is 0 Å². The first-order valence-electron chi connectivity index (χ1n) is 9.26. The van der Waals surface area contributed by atoms with Crippen LogP contribution >= 0.6 is 0 Å². The quantitative estimate of drug-likeness (QED) is 0.638. The number of likely N-dealkylation sites (tertiary alicyclic amines) is 1. The van der Waals surface area contributed by atoms with Crippen LogP contribution in [0.2, 0.25) is 0 Å². The van der Waals surface area contributed by atoms with Crippen molar-refractivity contribution in [2.24, 2.45) is 35.5 Å². The van der Waals surface area contributed by atoms with Crippen molar-refractivity contribution in [1.29, 1.82) is 0 Å². The Labute approximate surface area is 158 Å². The van der Waals surface area contributed by atoms with Crippen molar-refractivity contribution in [3.8, 4) is 0 Å². The number of imide groups is 1. The Morgan fingerprint density at radius 3 is 2.25 bits per heavy atom. The molecule has 5 nitrogen and oxygen atoms in total. The zero-order chi connectivity index (χ0) is 19.8. The highest BCUT2D eigenvalue weighted by atomic mass is 19.4. The standard InChI is InChI=1S/C20H17F3N2O3/c21-20(22,23)9-2-1-3-10(6-9)24-15(26)8-25-18(27)16-11-4-5-12(14-7-13(11)14)17(16)19(25)28/h1-6,11-14,16-17H,7-8H2,(H,24,26)/t11-,12-,13-,14+,16+,17+/m0/s1. The Morgan fingerprint density at radius 2 is 1.68 bits per heavy atom. The van der Waals surface area contributed by atoms with Crippen molar-refractivity contribution in [3.05, 3.63) is 42.0 Å². The summed E-state index contributed by atoms with van der Waals surface area (Å²) >= 11 is 0. The molecule has 1 heterocycles. The van der Waals surface area contributed by atoms with Crippen LogP contribution in [0.4, 0.5) is 18.9 Å². The van der Waals surface area contributed by atoms with Gasteiger partial charge in [-0.1, -0.05) is 18.2 Å². The van der Waals surface area contributed by atoms with Crippen LogP contribution in [0.25, 0.3) is 0 Å². The van der Waals surface area contributed by atoms with Crippen molar-refractivity contribution >= 4 is 23.4 Å². The van der Waals surface area contributed by atoms with Crippen LogP contribution < -0.4 is 5.32 Å². The van der Waals surface area contributed by atoms with E-state index in [1.807, 2.05) is 12.2 Å². The van der Waals surface area contributed by atoms with E-state index < -0.39 is 36.0 Å². The van der Waals surface area contributed by atoms with Gasteiger partial charge in [-0.2, -0.15) is 13.2 Å². The second-order valence-electron chi connectivity index (χ2n) is 8.04. The lowest BCUT2D eigenvalue weighted by molar-refractivity contribution is -0.143. The Kier molecular flexibility index (Phi) is 3.54. The lowest BCUT2D eigenvalue weighted by Gasteiger charge is -2.37. The molecule has 2 saturated carbocycles. The summed E-state index contributed by atoms with van der Waals surface area (Å²) < 4.78 is 38.4. The number of nitrogens with one attached hydrogen (secondary N) is 1. The van der Waals surface area contributed by atoms with Crippen LogP contribution in [0.15, 0.2) is 36.4 Å². The third-order valence-electron chi connectivity index (χ3n) is 6.53. The highest BCUT2D eigenvalue weighted by molar-refractivity contribution is 6.09. The normalized spacial score (nSPS) is 35.0. The number of nitrogens with zero attached hydrogens (tertiary/aromatic N) is 1. The molecule has 2 bridgehead atoms. The number of allylic oxidation sites excluding steroid dienone is 2. The van der Waals surface area contributed by atoms with E-state index in [4.69, 9.17) is 0 Å². The second kappa shape index (κ2) is 5.68. The molecule has 3 amide bonds. The Bertz CT molecular complexity index is 890. The number of carbonyl (C=O) groups excluding carboxylic acids is 3. The van der Waals surface area contributed by atoms with Gasteiger partial charge in [0.1, 0.15) is 6.54 Å². The second-order valence-corrected chi connectivity index (χ2v) is 8.04. The summed E-state index contributed by atoms with van der Waals surface area (Å²) in [5.74, 6) is -1.09. The van der Waals surface area contributed by atoms with E-state index in [0.717, 1.165) is 23.5 Å². The monoisotopic (exact) mass is 390 g/mol. The SMILES string of the molecule is O=C(CN1C(=O)[C@@H]2[C@H]3C=C[C@@H]([C@@H]4C[C@H]34)[C@H]2C1=O)Nc1cccc(C(F)(F)F)c1. The van der Waals surface area contributed by atoms with Crippen LogP contribution in [-0.4, -0.2) is 29.2 Å². The zero-order valence-corrected chi connectivity index (χ0v) is 14.6. The minimum Gasteiger partial charge on any atom is -0.325 e. The molecule has 0 spiro atoms. The van der Waals surface area contributed by atoms with Crippen molar-refractivity contribution < 1.29 is 27.6 Å². The van der Waals surface area contributed by atoms with Crippen molar-refractivity contribution in [3.63, 3.8) is 0 Å². The maximum absolute atomic E-state index is 12.8. The van der Waals surface area contributed by atoms with Gasteiger partial charge in [0, 0.05) is 5.69 Å². The van der Waals surface area contributed by atoms with E-state index in [1.165, 1.54) is 12.1 Å². The van der Waals surface area contributed by atoms with Crippen LogP contribution in [0.5, 0.6) is 0 Å². The highest BCUT2D eigenvalue weighted by Crippen LogP contribution is 2.65. The number of hydrogen-bond donors (Lipinski definition) is 1. The maximum Gasteiger partial charge on any atom is 0.416 e. The molecule has 1 N–H and O–H groups in total. The van der Waals surface area contributed by atoms with Crippen molar-refractivity contribution in [2.45, 2.75) is 12.6 Å². The Balaban J connectivity index is 1.30. The predicted molar refractivity (Wildman–Crippen MR) is 91.5 cm³/mol. The number of carbonyl (C=O) groups is 3. The van der Waals surface area contributed by atoms with Gasteiger partial charge in [-0.05, 0) is 48.3 Å². The number of anilines is 1. The molecule has 6 rings (SSSR count). The summed E-state index contributed by atoms with van der Waals surface area (Å²) in [7, 11) is 0. The predicted octanol–water partition coefficient (Wildman–Crippen LogP) is 2.70. The van der Waals surface area contributed by atoms with Gasteiger partial charge < -0.3 is 5.32 Å². The molecular formula is C20H17F3N2O3. The molecule has 4 aliphatic carbocycles. The Morgan fingerprint density at radius 1 is 1.07 bits per heavy atom. The summed E-state index contributed by atoms with van der Waals surface area (Å²) in [6, 6.07) is 4.25. The molecule has 3 fully saturated rings. The minimum absolute atomic E-state index is 0.0284. The maximum atomic E-state index is 12.8. The molecule has 6 atom stereocenters. The average Bonchev–Trinajstić information content (AvgIpc) is 3.42. The molecule has 0 radical (unpaired) electrons. The fourth-order valence-electron chi connectivity index (χ4n) is 5.29. The lowest BCUT2D eigenvalue weighted by atomic mass is 9.63. The summed E-state index contributed by atoms with van der Waals surface area (Å²) in [4.78, 5) is 38.9. The molecule has 146 valence electrons. The molecule has 5 aliphatic rings. The molecular weight excluding hydrogens is 373 g/mol. The molecule has 28 heavy (non-hydrogen) atoms. The third-order valence-corrected chi connectivity index (χ3v) is 6.53. The number of amides is 3. The Hall–Kier alpha value is -2.64. The van der Waals surface area contributed by atoms with Gasteiger partial charge in [0.15, 0.2) is 0 Å². The van der Waals surface area contributed by atoms with E-state index in [9.17, 15) is 27.6 Å². The highest BCUT2D eigenvalue weighted by Gasteiger charge is 2.67. The first-order valence-corrected chi connectivity index (χ1v) is 9.26. The van der Waals surface area contributed by atoms with Gasteiger partial charge in [0.25, 0.3) is 0 Å². The summed E-state index contributed by atoms with van der Waals surface area (Å²) in [5, 5.41) is 2.36. The summed E-state index contributed by atoms with van der Waals surface area (Å²) in [6.07, 6.45) is 0.602. The van der Waals surface area contributed by atoms with Crippen LogP contribution in [0.1, 0.15) is 12.0 Å². The number of alkyl halides is 3. The molecule has 1 aliphatic heterocycles. The van der Waals surface area contributed by atoms with Crippen molar-refractivity contribution in [2.75, 3.05) is 11.9 Å². The molecule has 0 aromatic heterocycles. The summed E-state index contributed by atoms with van der Waals surface area (Å²) in [6.45, 7) is -0.477. The third kappa shape index (κ3) is 2.50. The first-order chi connectivity index (χ1) is 13.3. The molecule has 0 unspecified atom stereocenters. The number of benzene rings is 1. The number of hydrogen-bond acceptors (Lipinski definition) is 3. The molecule has 1 aromatic carbocycles. The molecule has 1 saturated heterocycles. The van der Waals surface area contributed by atoms with Gasteiger partial charge in [-0.15, -0.1) is 0 Å². The minimum atomic E-state index is -4.52. The first kappa shape index (κ1) is 17.5. The van der Waals surface area contributed by atoms with Gasteiger partial charge in [-0.3, -0.25) is 19.3 Å². The van der Waals surface area contributed by atoms with Crippen LogP contribution in [0, 0.1) is 35.5 Å². The number of rotatable bonds is 3. The van der Waals surface area contributed by atoms with Crippen LogP contribution in [-0.2, 0) is 20.6 Å². The van der Waals surface area contributed by atoms with Gasteiger partial charge >= 0.3 is 6.18 Å². The fraction of sp³-hybridized carbons (Fsp3) is 0.450. The van der Waals surface area contributed by atoms with Crippen LogP contribution in [0.3, 0.4) is 0 Å². The zero-order valence-electron chi connectivity index (χ0n) is 14.6.